The van der Waals surface area contributed by atoms with E-state index in [1.807, 2.05) is 0 Å². The highest BCUT2D eigenvalue weighted by Gasteiger charge is 2.20. The zero-order valence-corrected chi connectivity index (χ0v) is 14.8. The lowest BCUT2D eigenvalue weighted by atomic mass is 10.1. The molecule has 0 bridgehead atoms. The normalized spacial score (nSPS) is 12.0. The van der Waals surface area contributed by atoms with Gasteiger partial charge in [-0.05, 0) is 61.8 Å². The summed E-state index contributed by atoms with van der Waals surface area (Å²) < 4.78 is 34.1. The van der Waals surface area contributed by atoms with Crippen molar-refractivity contribution in [3.63, 3.8) is 0 Å². The Kier molecular flexibility index (Phi) is 5.77. The smallest absolute Gasteiger partial charge is 0.338 e. The molecular formula is C13H19BrN2O4S. The van der Waals surface area contributed by atoms with E-state index in [9.17, 15) is 13.2 Å². The summed E-state index contributed by atoms with van der Waals surface area (Å²) in [4.78, 5) is 11.6. The first-order chi connectivity index (χ1) is 9.54. The molecule has 0 aliphatic carbocycles. The summed E-state index contributed by atoms with van der Waals surface area (Å²) in [6.45, 7) is 7.22. The minimum atomic E-state index is -3.70. The fourth-order valence-corrected chi connectivity index (χ4v) is 3.45. The molecule has 118 valence electrons. The molecule has 1 rings (SSSR count). The van der Waals surface area contributed by atoms with Crippen LogP contribution < -0.4 is 9.44 Å². The second-order valence-corrected chi connectivity index (χ2v) is 7.64. The van der Waals surface area contributed by atoms with Crippen LogP contribution in [0.1, 0.15) is 38.1 Å². The fraction of sp³-hybridized carbons (Fsp3) is 0.462. The molecule has 0 saturated carbocycles. The third-order valence-corrected chi connectivity index (χ3v) is 4.19. The van der Waals surface area contributed by atoms with Crippen LogP contribution in [-0.2, 0) is 14.9 Å². The first-order valence-electron chi connectivity index (χ1n) is 6.32. The lowest BCUT2D eigenvalue weighted by Crippen LogP contribution is -2.43. The summed E-state index contributed by atoms with van der Waals surface area (Å²) in [5, 5.41) is 0. The maximum Gasteiger partial charge on any atom is 0.338 e. The number of benzene rings is 1. The van der Waals surface area contributed by atoms with Gasteiger partial charge in [0.2, 0.25) is 0 Å². The summed E-state index contributed by atoms with van der Waals surface area (Å²) in [6.07, 6.45) is 0. The standard InChI is InChI=1S/C13H19BrN2O4S/c1-5-20-12(17)9-6-7-11(10(14)8-9)15-21(18,19)16-13(2,3)4/h6-8,15-16H,5H2,1-4H3. The van der Waals surface area contributed by atoms with Gasteiger partial charge in [0, 0.05) is 10.0 Å². The van der Waals surface area contributed by atoms with Crippen molar-refractivity contribution < 1.29 is 17.9 Å². The Bertz CT molecular complexity index is 624. The van der Waals surface area contributed by atoms with Crippen LogP contribution in [0.4, 0.5) is 5.69 Å². The molecule has 0 atom stereocenters. The van der Waals surface area contributed by atoms with Crippen LogP contribution in [0.3, 0.4) is 0 Å². The highest BCUT2D eigenvalue weighted by Crippen LogP contribution is 2.25. The van der Waals surface area contributed by atoms with Crippen molar-refractivity contribution >= 4 is 37.8 Å². The highest BCUT2D eigenvalue weighted by molar-refractivity contribution is 9.10. The van der Waals surface area contributed by atoms with Crippen LogP contribution in [-0.4, -0.2) is 26.5 Å². The molecule has 0 fully saturated rings. The van der Waals surface area contributed by atoms with Crippen LogP contribution in [0.2, 0.25) is 0 Å². The molecule has 1 aromatic rings. The predicted molar refractivity (Wildman–Crippen MR) is 85.5 cm³/mol. The van der Waals surface area contributed by atoms with Gasteiger partial charge in [0.05, 0.1) is 17.9 Å². The second kappa shape index (κ2) is 6.76. The van der Waals surface area contributed by atoms with Gasteiger partial charge >= 0.3 is 5.97 Å². The topological polar surface area (TPSA) is 84.5 Å². The van der Waals surface area contributed by atoms with Crippen molar-refractivity contribution in [2.45, 2.75) is 33.2 Å². The van der Waals surface area contributed by atoms with Gasteiger partial charge < -0.3 is 4.74 Å². The molecule has 1 aromatic carbocycles. The SMILES string of the molecule is CCOC(=O)c1ccc(NS(=O)(=O)NC(C)(C)C)c(Br)c1. The van der Waals surface area contributed by atoms with E-state index in [2.05, 4.69) is 25.4 Å². The molecule has 0 amide bonds. The third kappa shape index (κ3) is 6.03. The Morgan fingerprint density at radius 3 is 2.43 bits per heavy atom. The largest absolute Gasteiger partial charge is 0.462 e. The van der Waals surface area contributed by atoms with Crippen molar-refractivity contribution in [2.75, 3.05) is 11.3 Å². The molecule has 8 heteroatoms. The molecule has 2 N–H and O–H groups in total. The van der Waals surface area contributed by atoms with Gasteiger partial charge in [-0.25, -0.2) is 4.79 Å². The molecule has 6 nitrogen and oxygen atoms in total. The molecule has 21 heavy (non-hydrogen) atoms. The minimum Gasteiger partial charge on any atom is -0.462 e. The number of esters is 1. The van der Waals surface area contributed by atoms with Gasteiger partial charge in [0.25, 0.3) is 10.2 Å². The lowest BCUT2D eigenvalue weighted by molar-refractivity contribution is 0.0526. The number of carbonyl (C=O) groups excluding carboxylic acids is 1. The zero-order valence-electron chi connectivity index (χ0n) is 12.4. The Morgan fingerprint density at radius 1 is 1.33 bits per heavy atom. The Balaban J connectivity index is 2.94. The van der Waals surface area contributed by atoms with Crippen molar-refractivity contribution in [1.29, 1.82) is 0 Å². The van der Waals surface area contributed by atoms with Crippen LogP contribution in [0.5, 0.6) is 0 Å². The predicted octanol–water partition coefficient (Wildman–Crippen LogP) is 2.67. The van der Waals surface area contributed by atoms with E-state index >= 15 is 0 Å². The fourth-order valence-electron chi connectivity index (χ4n) is 1.51. The lowest BCUT2D eigenvalue weighted by Gasteiger charge is -2.21. The van der Waals surface area contributed by atoms with E-state index in [1.54, 1.807) is 27.7 Å². The zero-order chi connectivity index (χ0) is 16.3. The van der Waals surface area contributed by atoms with E-state index in [-0.39, 0.29) is 6.61 Å². The molecule has 0 saturated heterocycles. The number of rotatable bonds is 5. The molecule has 0 aromatic heterocycles. The second-order valence-electron chi connectivity index (χ2n) is 5.37. The number of ether oxygens (including phenoxy) is 1. The van der Waals surface area contributed by atoms with Crippen LogP contribution in [0.25, 0.3) is 0 Å². The number of hydrogen-bond acceptors (Lipinski definition) is 4. The van der Waals surface area contributed by atoms with Gasteiger partial charge in [0.15, 0.2) is 0 Å². The maximum absolute atomic E-state index is 12.0. The highest BCUT2D eigenvalue weighted by atomic mass is 79.9. The van der Waals surface area contributed by atoms with Crippen molar-refractivity contribution in [3.8, 4) is 0 Å². The summed E-state index contributed by atoms with van der Waals surface area (Å²) in [5.41, 5.74) is 0.0821. The molecule has 0 radical (unpaired) electrons. The minimum absolute atomic E-state index is 0.278. The van der Waals surface area contributed by atoms with E-state index in [0.29, 0.717) is 15.7 Å². The quantitative estimate of drug-likeness (QED) is 0.771. The van der Waals surface area contributed by atoms with E-state index in [0.717, 1.165) is 0 Å². The Morgan fingerprint density at radius 2 is 1.95 bits per heavy atom. The summed E-state index contributed by atoms with van der Waals surface area (Å²) >= 11 is 3.24. The van der Waals surface area contributed by atoms with Crippen molar-refractivity contribution in [1.82, 2.24) is 4.72 Å². The van der Waals surface area contributed by atoms with Gasteiger partial charge in [-0.15, -0.1) is 0 Å². The van der Waals surface area contributed by atoms with Crippen LogP contribution in [0.15, 0.2) is 22.7 Å². The van der Waals surface area contributed by atoms with E-state index in [1.165, 1.54) is 18.2 Å². The molecular weight excluding hydrogens is 360 g/mol. The number of anilines is 1. The van der Waals surface area contributed by atoms with E-state index < -0.39 is 21.7 Å². The van der Waals surface area contributed by atoms with E-state index in [4.69, 9.17) is 4.74 Å². The van der Waals surface area contributed by atoms with Crippen molar-refractivity contribution in [2.24, 2.45) is 0 Å². The molecule has 0 aliphatic heterocycles. The average molecular weight is 379 g/mol. The number of carbonyl (C=O) groups is 1. The molecule has 0 unspecified atom stereocenters. The number of halogens is 1. The van der Waals surface area contributed by atoms with Crippen molar-refractivity contribution in [3.05, 3.63) is 28.2 Å². The molecule has 0 aliphatic rings. The van der Waals surface area contributed by atoms with Crippen LogP contribution in [0, 0.1) is 0 Å². The first-order valence-corrected chi connectivity index (χ1v) is 8.60. The van der Waals surface area contributed by atoms with Gasteiger partial charge in [-0.1, -0.05) is 0 Å². The van der Waals surface area contributed by atoms with Crippen LogP contribution >= 0.6 is 15.9 Å². The molecule has 0 heterocycles. The van der Waals surface area contributed by atoms with Gasteiger partial charge in [-0.2, -0.15) is 13.1 Å². The monoisotopic (exact) mass is 378 g/mol. The van der Waals surface area contributed by atoms with Gasteiger partial charge in [-0.3, -0.25) is 4.72 Å². The third-order valence-electron chi connectivity index (χ3n) is 2.17. The summed E-state index contributed by atoms with van der Waals surface area (Å²) in [6, 6.07) is 4.50. The van der Waals surface area contributed by atoms with Gasteiger partial charge in [0.1, 0.15) is 0 Å². The summed E-state index contributed by atoms with van der Waals surface area (Å²) in [5.74, 6) is -0.458. The number of hydrogen-bond donors (Lipinski definition) is 2. The number of nitrogens with one attached hydrogen (secondary N) is 2. The first kappa shape index (κ1) is 17.9. The maximum atomic E-state index is 12.0. The Labute approximate surface area is 133 Å². The Hall–Kier alpha value is -1.12. The average Bonchev–Trinajstić information content (AvgIpc) is 2.28. The summed E-state index contributed by atoms with van der Waals surface area (Å²) in [7, 11) is -3.70. The molecule has 0 spiro atoms.